The molecular weight excluding hydrogens is 203 g/mol. The van der Waals surface area contributed by atoms with Crippen LogP contribution in [-0.4, -0.2) is 13.5 Å². The highest BCUT2D eigenvalue weighted by atomic mass is 35.5. The molecule has 0 atom stereocenters. The second-order valence-corrected chi connectivity index (χ2v) is 2.86. The van der Waals surface area contributed by atoms with Gasteiger partial charge < -0.3 is 17.7 Å². The van der Waals surface area contributed by atoms with Gasteiger partial charge in [0.05, 0.1) is 11.5 Å². The van der Waals surface area contributed by atoms with Gasteiger partial charge >= 0.3 is 6.98 Å². The van der Waals surface area contributed by atoms with Gasteiger partial charge in [-0.2, -0.15) is 0 Å². The third-order valence-corrected chi connectivity index (χ3v) is 1.58. The molecule has 0 fully saturated rings. The van der Waals surface area contributed by atoms with E-state index in [1.54, 1.807) is 12.1 Å². The Morgan fingerprint density at radius 3 is 2.38 bits per heavy atom. The molecule has 1 aromatic carbocycles. The Hall–Kier alpha value is -0.835. The van der Waals surface area contributed by atoms with Gasteiger partial charge in [0.2, 0.25) is 0 Å². The number of hydrogen-bond acceptors (Lipinski definition) is 1. The van der Waals surface area contributed by atoms with E-state index in [0.29, 0.717) is 0 Å². The first kappa shape index (κ1) is 10.2. The highest BCUT2D eigenvalue weighted by Crippen LogP contribution is 2.24. The summed E-state index contributed by atoms with van der Waals surface area (Å²) in [5.41, 5.74) is 0. The fourth-order valence-electron chi connectivity index (χ4n) is 0.746. The first-order valence-corrected chi connectivity index (χ1v) is 3.95. The van der Waals surface area contributed by atoms with Crippen LogP contribution in [0.25, 0.3) is 0 Å². The van der Waals surface area contributed by atoms with E-state index in [-0.39, 0.29) is 10.8 Å². The van der Waals surface area contributed by atoms with Crippen LogP contribution in [0.3, 0.4) is 0 Å². The molecule has 0 heterocycles. The molecule has 0 saturated heterocycles. The lowest BCUT2D eigenvalue weighted by Gasteiger charge is -2.15. The van der Waals surface area contributed by atoms with Crippen LogP contribution in [0.15, 0.2) is 24.3 Å². The van der Waals surface area contributed by atoms with Crippen LogP contribution in [0.1, 0.15) is 0 Å². The summed E-state index contributed by atoms with van der Waals surface area (Å²) in [5, 5.41) is 0.183. The maximum atomic E-state index is 11.8. The summed E-state index contributed by atoms with van der Waals surface area (Å²) in [4.78, 5) is 0. The van der Waals surface area contributed by atoms with Crippen LogP contribution in [-0.2, 0) is 0 Å². The van der Waals surface area contributed by atoms with E-state index < -0.39 is 13.5 Å². The molecular formula is C7H6BClF3O-. The quantitative estimate of drug-likeness (QED) is 0.695. The van der Waals surface area contributed by atoms with Crippen LogP contribution in [0.2, 0.25) is 5.02 Å². The van der Waals surface area contributed by atoms with Gasteiger partial charge in [-0.25, -0.2) is 0 Å². The second-order valence-electron chi connectivity index (χ2n) is 2.45. The Labute approximate surface area is 78.5 Å². The molecule has 0 bridgehead atoms. The van der Waals surface area contributed by atoms with Crippen molar-refractivity contribution in [3.8, 4) is 5.75 Å². The second kappa shape index (κ2) is 3.92. The topological polar surface area (TPSA) is 9.23 Å². The molecule has 0 aliphatic heterocycles. The van der Waals surface area contributed by atoms with E-state index in [4.69, 9.17) is 11.6 Å². The fourth-order valence-corrected chi connectivity index (χ4v) is 0.936. The van der Waals surface area contributed by atoms with Gasteiger partial charge in [-0.05, 0) is 12.1 Å². The molecule has 0 saturated carbocycles. The maximum absolute atomic E-state index is 11.8. The van der Waals surface area contributed by atoms with Crippen molar-refractivity contribution in [1.29, 1.82) is 0 Å². The zero-order chi connectivity index (χ0) is 9.90. The van der Waals surface area contributed by atoms with Crippen molar-refractivity contribution in [2.75, 3.05) is 6.51 Å². The zero-order valence-corrected chi connectivity index (χ0v) is 7.27. The van der Waals surface area contributed by atoms with Crippen molar-refractivity contribution in [2.24, 2.45) is 0 Å². The van der Waals surface area contributed by atoms with Crippen molar-refractivity contribution in [1.82, 2.24) is 0 Å². The van der Waals surface area contributed by atoms with Crippen LogP contribution in [0, 0.1) is 0 Å². The molecule has 1 nitrogen and oxygen atoms in total. The minimum absolute atomic E-state index is 0.0587. The van der Waals surface area contributed by atoms with Crippen LogP contribution in [0.4, 0.5) is 12.9 Å². The Morgan fingerprint density at radius 1 is 1.23 bits per heavy atom. The van der Waals surface area contributed by atoms with Gasteiger partial charge in [-0.3, -0.25) is 0 Å². The molecule has 0 N–H and O–H groups in total. The van der Waals surface area contributed by atoms with Gasteiger partial charge in [0, 0.05) is 0 Å². The molecule has 1 aromatic rings. The van der Waals surface area contributed by atoms with Gasteiger partial charge in [0.15, 0.2) is 0 Å². The Bertz CT molecular complexity index is 289. The normalized spacial score (nSPS) is 11.4. The Kier molecular flexibility index (Phi) is 3.09. The van der Waals surface area contributed by atoms with Gasteiger partial charge in [-0.15, -0.1) is 0 Å². The van der Waals surface area contributed by atoms with Gasteiger partial charge in [0.25, 0.3) is 0 Å². The number of halogens is 4. The third kappa shape index (κ3) is 3.59. The Balaban J connectivity index is 2.60. The van der Waals surface area contributed by atoms with Crippen molar-refractivity contribution in [3.05, 3.63) is 29.3 Å². The summed E-state index contributed by atoms with van der Waals surface area (Å²) in [6, 6.07) is 6.04. The molecule has 0 amide bonds. The van der Waals surface area contributed by atoms with E-state index in [1.165, 1.54) is 12.1 Å². The van der Waals surface area contributed by atoms with Crippen molar-refractivity contribution >= 4 is 18.6 Å². The highest BCUT2D eigenvalue weighted by molar-refractivity contribution is 6.58. The average molecular weight is 209 g/mol. The van der Waals surface area contributed by atoms with Crippen LogP contribution in [0.5, 0.6) is 5.75 Å². The molecule has 6 heteroatoms. The molecule has 13 heavy (non-hydrogen) atoms. The number of hydrogen-bond donors (Lipinski definition) is 0. The highest BCUT2D eigenvalue weighted by Gasteiger charge is 2.24. The largest absolute Gasteiger partial charge is 0.520 e. The standard InChI is InChI=1S/C7H6BClF3O/c9-6-3-1-2-4-7(6)13-5-8(10,11)12/h1-4H,5H2/q-1. The minimum Gasteiger partial charge on any atom is -0.520 e. The summed E-state index contributed by atoms with van der Waals surface area (Å²) in [5.74, 6) is 0.0587. The molecule has 1 rings (SSSR count). The van der Waals surface area contributed by atoms with Crippen molar-refractivity contribution in [3.63, 3.8) is 0 Å². The first-order valence-electron chi connectivity index (χ1n) is 3.57. The number of ether oxygens (including phenoxy) is 1. The summed E-state index contributed by atoms with van der Waals surface area (Å²) in [7, 11) is 0. The van der Waals surface area contributed by atoms with Crippen molar-refractivity contribution in [2.45, 2.75) is 0 Å². The summed E-state index contributed by atoms with van der Waals surface area (Å²) in [6.45, 7) is -6.18. The SMILES string of the molecule is F[B-](F)(F)COc1ccccc1Cl. The van der Waals surface area contributed by atoms with Crippen LogP contribution >= 0.6 is 11.6 Å². The monoisotopic (exact) mass is 209 g/mol. The summed E-state index contributed by atoms with van der Waals surface area (Å²) < 4.78 is 39.8. The average Bonchev–Trinajstić information content (AvgIpc) is 2.01. The molecule has 0 aliphatic carbocycles. The molecule has 0 aliphatic rings. The lowest BCUT2D eigenvalue weighted by molar-refractivity contribution is 0.313. The first-order chi connectivity index (χ1) is 5.99. The zero-order valence-electron chi connectivity index (χ0n) is 6.51. The smallest absolute Gasteiger partial charge is 0.515 e. The van der Waals surface area contributed by atoms with E-state index in [9.17, 15) is 12.9 Å². The van der Waals surface area contributed by atoms with E-state index in [1.807, 2.05) is 0 Å². The summed E-state index contributed by atoms with van der Waals surface area (Å²) >= 11 is 5.57. The number of para-hydroxylation sites is 1. The Morgan fingerprint density at radius 2 is 1.85 bits per heavy atom. The van der Waals surface area contributed by atoms with Gasteiger partial charge in [-0.1, -0.05) is 23.7 Å². The van der Waals surface area contributed by atoms with Gasteiger partial charge in [0.1, 0.15) is 5.75 Å². The van der Waals surface area contributed by atoms with Crippen LogP contribution < -0.4 is 4.74 Å². The van der Waals surface area contributed by atoms with E-state index in [0.717, 1.165) is 0 Å². The molecule has 0 aromatic heterocycles. The number of benzene rings is 1. The predicted molar refractivity (Wildman–Crippen MR) is 46.0 cm³/mol. The van der Waals surface area contributed by atoms with E-state index in [2.05, 4.69) is 4.74 Å². The van der Waals surface area contributed by atoms with E-state index >= 15 is 0 Å². The minimum atomic E-state index is -4.92. The molecule has 72 valence electrons. The third-order valence-electron chi connectivity index (χ3n) is 1.26. The lowest BCUT2D eigenvalue weighted by Crippen LogP contribution is -2.26. The molecule has 0 radical (unpaired) electrons. The summed E-state index contributed by atoms with van der Waals surface area (Å²) in [6.07, 6.45) is 0. The maximum Gasteiger partial charge on any atom is 0.515 e. The molecule has 0 spiro atoms. The predicted octanol–water partition coefficient (Wildman–Crippen LogP) is 3.11. The lowest BCUT2D eigenvalue weighted by atomic mass is 9.95. The molecule has 0 unspecified atom stereocenters. The van der Waals surface area contributed by atoms with Crippen molar-refractivity contribution < 1.29 is 17.7 Å². The fraction of sp³-hybridized carbons (Fsp3) is 0.143. The number of rotatable bonds is 3.